The van der Waals surface area contributed by atoms with Crippen LogP contribution in [0.3, 0.4) is 0 Å². The Bertz CT molecular complexity index is 447. The summed E-state index contributed by atoms with van der Waals surface area (Å²) in [6, 6.07) is 7.66. The molecule has 1 aromatic carbocycles. The highest BCUT2D eigenvalue weighted by molar-refractivity contribution is 6.30. The standard InChI is InChI=1S/C14H18ClN3/c1-18(10-11-4-6-17-7-5-11)14-8-13(15)3-2-12(14)9-16/h2-3,8,11,17H,4-7,10H2,1H3. The van der Waals surface area contributed by atoms with Gasteiger partial charge in [-0.05, 0) is 50.0 Å². The molecule has 4 heteroatoms. The summed E-state index contributed by atoms with van der Waals surface area (Å²) >= 11 is 6.01. The molecule has 1 fully saturated rings. The second-order valence-corrected chi connectivity index (χ2v) is 5.28. The SMILES string of the molecule is CN(CC1CCNCC1)c1cc(Cl)ccc1C#N. The van der Waals surface area contributed by atoms with Crippen molar-refractivity contribution in [2.24, 2.45) is 5.92 Å². The molecule has 18 heavy (non-hydrogen) atoms. The fourth-order valence-electron chi connectivity index (χ4n) is 2.47. The Balaban J connectivity index is 2.10. The molecule has 0 spiro atoms. The lowest BCUT2D eigenvalue weighted by Gasteiger charge is -2.29. The zero-order valence-corrected chi connectivity index (χ0v) is 11.4. The Kier molecular flexibility index (Phi) is 4.46. The number of hydrogen-bond donors (Lipinski definition) is 1. The quantitative estimate of drug-likeness (QED) is 0.911. The third kappa shape index (κ3) is 3.16. The second-order valence-electron chi connectivity index (χ2n) is 4.85. The molecule has 1 aliphatic rings. The third-order valence-electron chi connectivity index (χ3n) is 3.48. The van der Waals surface area contributed by atoms with Crippen LogP contribution in [0.1, 0.15) is 18.4 Å². The van der Waals surface area contributed by atoms with Crippen LogP contribution in [-0.2, 0) is 0 Å². The molecule has 3 nitrogen and oxygen atoms in total. The first-order chi connectivity index (χ1) is 8.70. The van der Waals surface area contributed by atoms with E-state index in [4.69, 9.17) is 16.9 Å². The number of anilines is 1. The minimum atomic E-state index is 0.682. The largest absolute Gasteiger partial charge is 0.373 e. The molecule has 96 valence electrons. The van der Waals surface area contributed by atoms with Crippen molar-refractivity contribution in [2.75, 3.05) is 31.6 Å². The van der Waals surface area contributed by atoms with Crippen LogP contribution in [0.2, 0.25) is 5.02 Å². The lowest BCUT2D eigenvalue weighted by Crippen LogP contribution is -2.34. The van der Waals surface area contributed by atoms with Gasteiger partial charge in [0.25, 0.3) is 0 Å². The first kappa shape index (κ1) is 13.2. The molecule has 0 bridgehead atoms. The fourth-order valence-corrected chi connectivity index (χ4v) is 2.63. The molecule has 1 aliphatic heterocycles. The highest BCUT2D eigenvalue weighted by Crippen LogP contribution is 2.25. The molecular weight excluding hydrogens is 246 g/mol. The van der Waals surface area contributed by atoms with Crippen molar-refractivity contribution in [3.8, 4) is 6.07 Å². The lowest BCUT2D eigenvalue weighted by molar-refractivity contribution is 0.378. The normalized spacial score (nSPS) is 16.3. The molecule has 0 atom stereocenters. The molecule has 0 saturated carbocycles. The van der Waals surface area contributed by atoms with Crippen LogP contribution < -0.4 is 10.2 Å². The van der Waals surface area contributed by atoms with Crippen LogP contribution in [0.5, 0.6) is 0 Å². The molecule has 0 aliphatic carbocycles. The predicted molar refractivity (Wildman–Crippen MR) is 75.0 cm³/mol. The third-order valence-corrected chi connectivity index (χ3v) is 3.72. The van der Waals surface area contributed by atoms with Gasteiger partial charge in [-0.15, -0.1) is 0 Å². The molecule has 0 amide bonds. The summed E-state index contributed by atoms with van der Waals surface area (Å²) < 4.78 is 0. The van der Waals surface area contributed by atoms with E-state index in [2.05, 4.69) is 16.3 Å². The maximum absolute atomic E-state index is 9.13. The van der Waals surface area contributed by atoms with E-state index in [0.717, 1.165) is 25.3 Å². The number of nitrogens with zero attached hydrogens (tertiary/aromatic N) is 2. The summed E-state index contributed by atoms with van der Waals surface area (Å²) in [6.07, 6.45) is 2.40. The molecule has 0 radical (unpaired) electrons. The van der Waals surface area contributed by atoms with E-state index in [1.165, 1.54) is 12.8 Å². The smallest absolute Gasteiger partial charge is 0.101 e. The van der Waals surface area contributed by atoms with E-state index in [1.807, 2.05) is 13.1 Å². The number of hydrogen-bond acceptors (Lipinski definition) is 3. The topological polar surface area (TPSA) is 39.1 Å². The minimum absolute atomic E-state index is 0.682. The maximum atomic E-state index is 9.13. The Hall–Kier alpha value is -1.24. The van der Waals surface area contributed by atoms with Crippen LogP contribution in [0.15, 0.2) is 18.2 Å². The Labute approximate surface area is 113 Å². The summed E-state index contributed by atoms with van der Waals surface area (Å²) in [5.74, 6) is 0.696. The van der Waals surface area contributed by atoms with Gasteiger partial charge in [-0.3, -0.25) is 0 Å². The Morgan fingerprint density at radius 3 is 2.83 bits per heavy atom. The summed E-state index contributed by atoms with van der Waals surface area (Å²) in [6.45, 7) is 3.18. The van der Waals surface area contributed by atoms with Gasteiger partial charge in [-0.1, -0.05) is 11.6 Å². The van der Waals surface area contributed by atoms with Crippen LogP contribution in [-0.4, -0.2) is 26.7 Å². The van der Waals surface area contributed by atoms with Crippen molar-refractivity contribution in [1.29, 1.82) is 5.26 Å². The summed E-state index contributed by atoms with van der Waals surface area (Å²) in [5, 5.41) is 13.2. The van der Waals surface area contributed by atoms with Gasteiger partial charge >= 0.3 is 0 Å². The monoisotopic (exact) mass is 263 g/mol. The summed E-state index contributed by atoms with van der Waals surface area (Å²) in [4.78, 5) is 2.15. The van der Waals surface area contributed by atoms with E-state index in [0.29, 0.717) is 16.5 Å². The first-order valence-electron chi connectivity index (χ1n) is 6.32. The zero-order chi connectivity index (χ0) is 13.0. The highest BCUT2D eigenvalue weighted by Gasteiger charge is 2.17. The van der Waals surface area contributed by atoms with Gasteiger partial charge in [0.1, 0.15) is 6.07 Å². The second kappa shape index (κ2) is 6.08. The van der Waals surface area contributed by atoms with Crippen LogP contribution in [0.4, 0.5) is 5.69 Å². The van der Waals surface area contributed by atoms with Crippen LogP contribution >= 0.6 is 11.6 Å². The summed E-state index contributed by atoms with van der Waals surface area (Å²) in [5.41, 5.74) is 1.62. The van der Waals surface area contributed by atoms with E-state index in [1.54, 1.807) is 12.1 Å². The van der Waals surface area contributed by atoms with Crippen molar-refractivity contribution in [3.63, 3.8) is 0 Å². The lowest BCUT2D eigenvalue weighted by atomic mass is 9.97. The van der Waals surface area contributed by atoms with Gasteiger partial charge in [0.05, 0.1) is 11.3 Å². The number of halogens is 1. The summed E-state index contributed by atoms with van der Waals surface area (Å²) in [7, 11) is 2.04. The van der Waals surface area contributed by atoms with E-state index in [-0.39, 0.29) is 0 Å². The number of nitriles is 1. The minimum Gasteiger partial charge on any atom is -0.373 e. The van der Waals surface area contributed by atoms with Gasteiger partial charge in [0.2, 0.25) is 0 Å². The molecular formula is C14H18ClN3. The van der Waals surface area contributed by atoms with Crippen molar-refractivity contribution in [1.82, 2.24) is 5.32 Å². The number of piperidine rings is 1. The number of benzene rings is 1. The Morgan fingerprint density at radius 2 is 2.17 bits per heavy atom. The molecule has 1 heterocycles. The maximum Gasteiger partial charge on any atom is 0.101 e. The van der Waals surface area contributed by atoms with Crippen molar-refractivity contribution in [3.05, 3.63) is 28.8 Å². The van der Waals surface area contributed by atoms with Crippen LogP contribution in [0.25, 0.3) is 0 Å². The van der Waals surface area contributed by atoms with E-state index in [9.17, 15) is 0 Å². The highest BCUT2D eigenvalue weighted by atomic mass is 35.5. The molecule has 1 saturated heterocycles. The molecule has 0 aromatic heterocycles. The average Bonchev–Trinajstić information content (AvgIpc) is 2.40. The molecule has 0 unspecified atom stereocenters. The molecule has 1 N–H and O–H groups in total. The van der Waals surface area contributed by atoms with E-state index < -0.39 is 0 Å². The fraction of sp³-hybridized carbons (Fsp3) is 0.500. The first-order valence-corrected chi connectivity index (χ1v) is 6.70. The van der Waals surface area contributed by atoms with Crippen LogP contribution in [0, 0.1) is 17.2 Å². The van der Waals surface area contributed by atoms with Gasteiger partial charge in [0, 0.05) is 18.6 Å². The van der Waals surface area contributed by atoms with Gasteiger partial charge in [-0.2, -0.15) is 5.26 Å². The van der Waals surface area contributed by atoms with Crippen molar-refractivity contribution < 1.29 is 0 Å². The number of rotatable bonds is 3. The number of nitrogens with one attached hydrogen (secondary N) is 1. The predicted octanol–water partition coefficient (Wildman–Crippen LogP) is 2.65. The average molecular weight is 264 g/mol. The zero-order valence-electron chi connectivity index (χ0n) is 10.6. The molecule has 1 aromatic rings. The van der Waals surface area contributed by atoms with E-state index >= 15 is 0 Å². The van der Waals surface area contributed by atoms with Gasteiger partial charge < -0.3 is 10.2 Å². The molecule has 2 rings (SSSR count). The van der Waals surface area contributed by atoms with Gasteiger partial charge in [-0.25, -0.2) is 0 Å². The van der Waals surface area contributed by atoms with Crippen molar-refractivity contribution >= 4 is 17.3 Å². The van der Waals surface area contributed by atoms with Crippen molar-refractivity contribution in [2.45, 2.75) is 12.8 Å². The Morgan fingerprint density at radius 1 is 1.44 bits per heavy atom. The van der Waals surface area contributed by atoms with Gasteiger partial charge in [0.15, 0.2) is 0 Å².